The van der Waals surface area contributed by atoms with E-state index in [1.165, 1.54) is 44.9 Å². The van der Waals surface area contributed by atoms with E-state index in [0.29, 0.717) is 16.2 Å². The van der Waals surface area contributed by atoms with Gasteiger partial charge in [-0.25, -0.2) is 0 Å². The predicted molar refractivity (Wildman–Crippen MR) is 131 cm³/mol. The highest BCUT2D eigenvalue weighted by molar-refractivity contribution is 5.28. The maximum atomic E-state index is 10.3. The molecule has 4 saturated carbocycles. The first-order valence-electron chi connectivity index (χ1n) is 13.9. The van der Waals surface area contributed by atoms with Crippen molar-refractivity contribution in [2.24, 2.45) is 63.6 Å². The summed E-state index contributed by atoms with van der Waals surface area (Å²) >= 11 is 0. The first-order valence-corrected chi connectivity index (χ1v) is 13.9. The lowest BCUT2D eigenvalue weighted by Crippen LogP contribution is -2.50. The second-order valence-electron chi connectivity index (χ2n) is 14.1. The van der Waals surface area contributed by atoms with Crippen molar-refractivity contribution >= 4 is 0 Å². The first kappa shape index (κ1) is 22.5. The smallest absolute Gasteiger partial charge is 0.0543 e. The third-order valence-electron chi connectivity index (χ3n) is 12.8. The summed E-state index contributed by atoms with van der Waals surface area (Å²) in [6, 6.07) is 0. The lowest BCUT2D eigenvalue weighted by atomic mass is 9.47. The van der Waals surface area contributed by atoms with Gasteiger partial charge in [0.25, 0.3) is 0 Å². The summed E-state index contributed by atoms with van der Waals surface area (Å²) in [6.45, 7) is 17.9. The maximum Gasteiger partial charge on any atom is 0.0543 e. The molecule has 4 fully saturated rings. The predicted octanol–water partition coefficient (Wildman–Crippen LogP) is 7.88. The number of aliphatic hydroxyl groups excluding tert-OH is 1. The fourth-order valence-electron chi connectivity index (χ4n) is 10.2. The molecule has 1 nitrogen and oxygen atoms in total. The summed E-state index contributed by atoms with van der Waals surface area (Å²) in [5.41, 5.74) is 3.46. The molecule has 0 bridgehead atoms. The summed E-state index contributed by atoms with van der Waals surface area (Å²) in [4.78, 5) is 0. The average molecular weight is 427 g/mol. The number of hydrogen-bond donors (Lipinski definition) is 1. The van der Waals surface area contributed by atoms with Crippen molar-refractivity contribution in [1.82, 2.24) is 0 Å². The van der Waals surface area contributed by atoms with Crippen molar-refractivity contribution in [3.8, 4) is 0 Å². The summed E-state index contributed by atoms with van der Waals surface area (Å²) in [5, 5.41) is 10.3. The van der Waals surface area contributed by atoms with E-state index in [1.54, 1.807) is 0 Å². The van der Waals surface area contributed by atoms with E-state index in [0.717, 1.165) is 60.2 Å². The van der Waals surface area contributed by atoms with E-state index in [-0.39, 0.29) is 6.10 Å². The highest BCUT2D eigenvalue weighted by atomic mass is 16.3. The molecule has 5 rings (SSSR count). The summed E-state index contributed by atoms with van der Waals surface area (Å²) < 4.78 is 0. The topological polar surface area (TPSA) is 20.2 Å². The lowest BCUT2D eigenvalue weighted by Gasteiger charge is -2.58. The molecule has 5 aliphatic rings. The van der Waals surface area contributed by atoms with Crippen LogP contribution in [0.3, 0.4) is 0 Å². The van der Waals surface area contributed by atoms with E-state index in [9.17, 15) is 5.11 Å². The fraction of sp³-hybridized carbons (Fsp3) is 0.933. The first-order chi connectivity index (χ1) is 14.5. The molecule has 31 heavy (non-hydrogen) atoms. The zero-order valence-corrected chi connectivity index (χ0v) is 21.6. The van der Waals surface area contributed by atoms with Crippen molar-refractivity contribution in [1.29, 1.82) is 0 Å². The molecule has 0 aromatic rings. The van der Waals surface area contributed by atoms with Crippen molar-refractivity contribution in [3.05, 3.63) is 11.6 Å². The van der Waals surface area contributed by atoms with Gasteiger partial charge in [0.1, 0.15) is 0 Å². The molecule has 0 unspecified atom stereocenters. The molecule has 5 aliphatic carbocycles. The molecule has 1 heteroatoms. The van der Waals surface area contributed by atoms with Gasteiger partial charge in [0.2, 0.25) is 0 Å². The third kappa shape index (κ3) is 3.18. The number of fused-ring (bicyclic) bond motifs is 5. The molecule has 0 heterocycles. The quantitative estimate of drug-likeness (QED) is 0.453. The van der Waals surface area contributed by atoms with Crippen molar-refractivity contribution in [3.63, 3.8) is 0 Å². The molecule has 0 saturated heterocycles. The van der Waals surface area contributed by atoms with Crippen LogP contribution in [-0.4, -0.2) is 11.2 Å². The van der Waals surface area contributed by atoms with E-state index in [1.807, 2.05) is 5.57 Å². The second kappa shape index (κ2) is 7.35. The Bertz CT molecular complexity index is 737. The number of aliphatic hydroxyl groups is 1. The van der Waals surface area contributed by atoms with Crippen LogP contribution in [0.25, 0.3) is 0 Å². The van der Waals surface area contributed by atoms with Gasteiger partial charge < -0.3 is 5.11 Å². The third-order valence-corrected chi connectivity index (χ3v) is 12.8. The van der Waals surface area contributed by atoms with Crippen LogP contribution in [0.1, 0.15) is 106 Å². The summed E-state index contributed by atoms with van der Waals surface area (Å²) in [6.07, 6.45) is 14.5. The minimum atomic E-state index is -0.0420. The van der Waals surface area contributed by atoms with Crippen molar-refractivity contribution in [2.45, 2.75) is 112 Å². The molecular formula is C30H50O. The van der Waals surface area contributed by atoms with E-state index >= 15 is 0 Å². The highest BCUT2D eigenvalue weighted by Crippen LogP contribution is 2.71. The summed E-state index contributed by atoms with van der Waals surface area (Å²) in [7, 11) is 0. The Hall–Kier alpha value is -0.300. The molecule has 11 atom stereocenters. The van der Waals surface area contributed by atoms with Crippen LogP contribution in [0, 0.1) is 63.6 Å². The van der Waals surface area contributed by atoms with Gasteiger partial charge in [-0.2, -0.15) is 0 Å². The van der Waals surface area contributed by atoms with Gasteiger partial charge in [0.15, 0.2) is 0 Å². The standard InChI is InChI=1S/C30H50O/c1-18(2)20(4)30(7)17-27(30)19(3)24-10-11-25-23-9-8-21-16-22(31)12-14-28(21,5)26(23)13-15-29(24,25)6/h9,18-22,24-27,31H,8,10-17H2,1-7H3/t19-,20-,21-,22-,24+,25-,26-,27+,28-,29+,30+/m0/s1. The van der Waals surface area contributed by atoms with Crippen LogP contribution in [-0.2, 0) is 0 Å². The Kier molecular flexibility index (Phi) is 5.33. The molecule has 0 aromatic carbocycles. The van der Waals surface area contributed by atoms with E-state index in [4.69, 9.17) is 0 Å². The van der Waals surface area contributed by atoms with E-state index in [2.05, 4.69) is 54.5 Å². The maximum absolute atomic E-state index is 10.3. The van der Waals surface area contributed by atoms with Crippen LogP contribution < -0.4 is 0 Å². The zero-order valence-electron chi connectivity index (χ0n) is 21.6. The van der Waals surface area contributed by atoms with Crippen LogP contribution >= 0.6 is 0 Å². The average Bonchev–Trinajstić information content (AvgIpc) is 3.29. The SMILES string of the molecule is CC(C)[C@H](C)[C@@]1(C)C[C@@H]1[C@@H](C)[C@H]1CC[C@H]2C3=CC[C@H]4C[C@@H](O)CC[C@]4(C)[C@H]3CC[C@]12C. The van der Waals surface area contributed by atoms with Crippen LogP contribution in [0.2, 0.25) is 0 Å². The Labute approximate surface area is 192 Å². The molecule has 0 spiro atoms. The number of rotatable bonds is 4. The minimum Gasteiger partial charge on any atom is -0.393 e. The second-order valence-corrected chi connectivity index (χ2v) is 14.1. The molecule has 0 aromatic heterocycles. The molecule has 0 amide bonds. The van der Waals surface area contributed by atoms with Crippen LogP contribution in [0.4, 0.5) is 0 Å². The fourth-order valence-corrected chi connectivity index (χ4v) is 10.2. The highest BCUT2D eigenvalue weighted by Gasteiger charge is 2.63. The minimum absolute atomic E-state index is 0.0420. The Balaban J connectivity index is 1.36. The summed E-state index contributed by atoms with van der Waals surface area (Å²) in [5.74, 6) is 6.77. The Morgan fingerprint density at radius 1 is 0.871 bits per heavy atom. The van der Waals surface area contributed by atoms with Gasteiger partial charge in [-0.3, -0.25) is 0 Å². The monoisotopic (exact) mass is 426 g/mol. The van der Waals surface area contributed by atoms with E-state index < -0.39 is 0 Å². The van der Waals surface area contributed by atoms with Crippen molar-refractivity contribution < 1.29 is 5.11 Å². The largest absolute Gasteiger partial charge is 0.393 e. The Morgan fingerprint density at radius 3 is 2.26 bits per heavy atom. The lowest BCUT2D eigenvalue weighted by molar-refractivity contribution is -0.0436. The molecule has 176 valence electrons. The molecule has 0 aliphatic heterocycles. The zero-order chi connectivity index (χ0) is 22.3. The van der Waals surface area contributed by atoms with Gasteiger partial charge in [-0.1, -0.05) is 60.1 Å². The molecule has 0 radical (unpaired) electrons. The van der Waals surface area contributed by atoms with Gasteiger partial charge in [-0.05, 0) is 121 Å². The number of hydrogen-bond acceptors (Lipinski definition) is 1. The Morgan fingerprint density at radius 2 is 1.55 bits per heavy atom. The van der Waals surface area contributed by atoms with Gasteiger partial charge >= 0.3 is 0 Å². The van der Waals surface area contributed by atoms with Gasteiger partial charge in [0.05, 0.1) is 6.10 Å². The molecular weight excluding hydrogens is 376 g/mol. The van der Waals surface area contributed by atoms with Gasteiger partial charge in [-0.15, -0.1) is 0 Å². The van der Waals surface area contributed by atoms with Crippen LogP contribution in [0.5, 0.6) is 0 Å². The number of allylic oxidation sites excluding steroid dienone is 2. The van der Waals surface area contributed by atoms with Gasteiger partial charge in [0, 0.05) is 0 Å². The van der Waals surface area contributed by atoms with Crippen molar-refractivity contribution in [2.75, 3.05) is 0 Å². The normalized spacial score (nSPS) is 53.3. The molecule has 1 N–H and O–H groups in total. The van der Waals surface area contributed by atoms with Crippen LogP contribution in [0.15, 0.2) is 11.6 Å².